The summed E-state index contributed by atoms with van der Waals surface area (Å²) in [5, 5.41) is 3.50. The molecule has 0 spiro atoms. The molecule has 4 nitrogen and oxygen atoms in total. The van der Waals surface area contributed by atoms with Crippen LogP contribution < -0.4 is 20.0 Å². The van der Waals surface area contributed by atoms with Crippen molar-refractivity contribution < 1.29 is 0 Å². The van der Waals surface area contributed by atoms with Crippen molar-refractivity contribution in [1.82, 2.24) is 0 Å². The molecule has 0 heterocycles. The minimum absolute atomic E-state index is 0.203. The van der Waals surface area contributed by atoms with Crippen LogP contribution in [0.25, 0.3) is 11.1 Å². The summed E-state index contributed by atoms with van der Waals surface area (Å²) >= 11 is 0. The van der Waals surface area contributed by atoms with E-state index in [9.17, 15) is 0 Å². The maximum Gasteiger partial charge on any atom is 0.0559 e. The fourth-order valence-electron chi connectivity index (χ4n) is 8.22. The highest BCUT2D eigenvalue weighted by molar-refractivity contribution is 5.79. The molecule has 320 valence electrons. The maximum atomic E-state index is 3.86. The number of para-hydroxylation sites is 2. The largest absolute Gasteiger partial charge is 0.356 e. The number of allylic oxidation sites excluding steroid dienone is 10. The second kappa shape index (κ2) is 22.3. The molecule has 65 heavy (non-hydrogen) atoms. The lowest BCUT2D eigenvalue weighted by Crippen LogP contribution is -2.29. The molecule has 0 aromatic heterocycles. The highest BCUT2D eigenvalue weighted by Gasteiger charge is 2.21. The standard InChI is InChI=1S/C55H50N4.C6H6/c1-3-17-45(18-4-2)56-46-31-37-53(38-32-46)58(49-23-13-7-14-24-49)51-33-27-43(28-34-51)44-29-35-52(36-30-44)59(50-25-15-8-16-26-50)55-41-39-54(40-42-55)57(47-19-9-5-10-20-47)48-21-11-6-12-22-48;1-2-4-6-5-3-1/h3-13,15-23,25,27-42,50,56H,1,14,24,26H2,2H3;1-6H/b18-4-,45-17+;. The average Bonchev–Trinajstić information content (AvgIpc) is 3.38. The van der Waals surface area contributed by atoms with Gasteiger partial charge < -0.3 is 20.0 Å². The first-order valence-electron chi connectivity index (χ1n) is 22.5. The molecular weight excluding hydrogens is 789 g/mol. The van der Waals surface area contributed by atoms with E-state index >= 15 is 0 Å². The molecule has 0 saturated heterocycles. The van der Waals surface area contributed by atoms with E-state index < -0.39 is 0 Å². The van der Waals surface area contributed by atoms with Gasteiger partial charge in [0, 0.05) is 56.9 Å². The van der Waals surface area contributed by atoms with Crippen molar-refractivity contribution in [3.05, 3.63) is 279 Å². The van der Waals surface area contributed by atoms with E-state index in [4.69, 9.17) is 0 Å². The van der Waals surface area contributed by atoms with E-state index in [1.54, 1.807) is 6.08 Å². The van der Waals surface area contributed by atoms with Crippen molar-refractivity contribution in [3.63, 3.8) is 0 Å². The third-order valence-electron chi connectivity index (χ3n) is 11.3. The zero-order valence-corrected chi connectivity index (χ0v) is 37.1. The molecule has 9 rings (SSSR count). The fourth-order valence-corrected chi connectivity index (χ4v) is 8.22. The van der Waals surface area contributed by atoms with Crippen LogP contribution in [0.5, 0.6) is 0 Å². The van der Waals surface area contributed by atoms with Crippen molar-refractivity contribution in [2.45, 2.75) is 32.2 Å². The van der Waals surface area contributed by atoms with Gasteiger partial charge in [0.15, 0.2) is 0 Å². The molecule has 0 aliphatic heterocycles. The summed E-state index contributed by atoms with van der Waals surface area (Å²) in [6.07, 6.45) is 26.3. The number of nitrogens with one attached hydrogen (secondary N) is 1. The summed E-state index contributed by atoms with van der Waals surface area (Å²) < 4.78 is 0. The Morgan fingerprint density at radius 1 is 0.523 bits per heavy atom. The highest BCUT2D eigenvalue weighted by atomic mass is 15.2. The van der Waals surface area contributed by atoms with Gasteiger partial charge in [0.05, 0.1) is 6.04 Å². The van der Waals surface area contributed by atoms with Gasteiger partial charge in [-0.2, -0.15) is 0 Å². The third kappa shape index (κ3) is 11.3. The number of hydrogen-bond donors (Lipinski definition) is 1. The van der Waals surface area contributed by atoms with Crippen LogP contribution in [-0.4, -0.2) is 6.04 Å². The molecule has 0 fully saturated rings. The van der Waals surface area contributed by atoms with Crippen molar-refractivity contribution in [2.24, 2.45) is 0 Å². The molecule has 0 bridgehead atoms. The van der Waals surface area contributed by atoms with E-state index in [0.717, 1.165) is 70.5 Å². The third-order valence-corrected chi connectivity index (χ3v) is 11.3. The number of benzene rings is 7. The Bertz CT molecular complexity index is 2680. The van der Waals surface area contributed by atoms with Gasteiger partial charge in [0.1, 0.15) is 0 Å². The smallest absolute Gasteiger partial charge is 0.0559 e. The molecule has 1 unspecified atom stereocenters. The SMILES string of the molecule is C=C/C=C(\C=C/C)Nc1ccc(N(C2=CC=CCC2)c2ccc(-c3ccc(N(c4ccc(N(c5ccccc5)c5ccccc5)cc4)C4C=CC=CC4)cc3)cc2)cc1.c1ccccc1. The summed E-state index contributed by atoms with van der Waals surface area (Å²) in [6.45, 7) is 5.87. The maximum absolute atomic E-state index is 3.86. The second-order valence-electron chi connectivity index (χ2n) is 15.7. The van der Waals surface area contributed by atoms with Crippen LogP contribution in [0.3, 0.4) is 0 Å². The molecule has 1 N–H and O–H groups in total. The monoisotopic (exact) mass is 844 g/mol. The zero-order valence-electron chi connectivity index (χ0n) is 37.1. The van der Waals surface area contributed by atoms with Crippen molar-refractivity contribution in [2.75, 3.05) is 20.0 Å². The Hall–Kier alpha value is -8.08. The lowest BCUT2D eigenvalue weighted by atomic mass is 10.0. The second-order valence-corrected chi connectivity index (χ2v) is 15.7. The summed E-state index contributed by atoms with van der Waals surface area (Å²) in [4.78, 5) is 7.13. The van der Waals surface area contributed by atoms with E-state index in [0.29, 0.717) is 0 Å². The number of anilines is 8. The van der Waals surface area contributed by atoms with Gasteiger partial charge in [-0.1, -0.05) is 152 Å². The van der Waals surface area contributed by atoms with Crippen LogP contribution in [0.4, 0.5) is 45.5 Å². The van der Waals surface area contributed by atoms with E-state index in [1.807, 2.05) is 61.5 Å². The number of rotatable bonds is 14. The van der Waals surface area contributed by atoms with Gasteiger partial charge in [-0.15, -0.1) is 0 Å². The normalized spacial score (nSPS) is 14.2. The summed E-state index contributed by atoms with van der Waals surface area (Å²) in [5.41, 5.74) is 13.6. The molecule has 0 amide bonds. The van der Waals surface area contributed by atoms with E-state index in [1.165, 1.54) is 16.8 Å². The topological polar surface area (TPSA) is 21.8 Å². The Morgan fingerprint density at radius 3 is 1.49 bits per heavy atom. The summed E-state index contributed by atoms with van der Waals surface area (Å²) in [7, 11) is 0. The van der Waals surface area contributed by atoms with E-state index in [-0.39, 0.29) is 6.04 Å². The summed E-state index contributed by atoms with van der Waals surface area (Å²) in [5.74, 6) is 0. The van der Waals surface area contributed by atoms with Crippen LogP contribution in [0, 0.1) is 0 Å². The van der Waals surface area contributed by atoms with Gasteiger partial charge in [-0.05, 0) is 153 Å². The number of nitrogens with zero attached hydrogens (tertiary/aromatic N) is 3. The van der Waals surface area contributed by atoms with Crippen LogP contribution in [0.2, 0.25) is 0 Å². The quantitative estimate of drug-likeness (QED) is 0.110. The molecule has 2 aliphatic carbocycles. The first kappa shape index (κ1) is 43.6. The van der Waals surface area contributed by atoms with Crippen LogP contribution in [0.1, 0.15) is 26.2 Å². The molecule has 7 aromatic carbocycles. The van der Waals surface area contributed by atoms with Crippen LogP contribution in [0.15, 0.2) is 279 Å². The van der Waals surface area contributed by atoms with Crippen LogP contribution >= 0.6 is 0 Å². The van der Waals surface area contributed by atoms with Crippen molar-refractivity contribution in [1.29, 1.82) is 0 Å². The van der Waals surface area contributed by atoms with Gasteiger partial charge in [0.25, 0.3) is 0 Å². The molecular formula is C61H56N4. The van der Waals surface area contributed by atoms with Crippen molar-refractivity contribution >= 4 is 45.5 Å². The van der Waals surface area contributed by atoms with Gasteiger partial charge in [0.2, 0.25) is 0 Å². The Kier molecular flexibility index (Phi) is 15.0. The minimum atomic E-state index is 0.203. The van der Waals surface area contributed by atoms with Gasteiger partial charge >= 0.3 is 0 Å². The van der Waals surface area contributed by atoms with Crippen LogP contribution in [-0.2, 0) is 0 Å². The molecule has 0 saturated carbocycles. The summed E-state index contributed by atoms with van der Waals surface area (Å²) in [6, 6.07) is 68.9. The van der Waals surface area contributed by atoms with Crippen molar-refractivity contribution in [3.8, 4) is 11.1 Å². The molecule has 4 heteroatoms. The zero-order chi connectivity index (χ0) is 44.5. The molecule has 0 radical (unpaired) electrons. The molecule has 7 aromatic rings. The highest BCUT2D eigenvalue weighted by Crippen LogP contribution is 2.39. The molecule has 1 atom stereocenters. The minimum Gasteiger partial charge on any atom is -0.356 e. The van der Waals surface area contributed by atoms with Gasteiger partial charge in [-0.25, -0.2) is 0 Å². The first-order chi connectivity index (χ1) is 32.2. The Morgan fingerprint density at radius 2 is 1.00 bits per heavy atom. The Balaban J connectivity index is 0.000000888. The van der Waals surface area contributed by atoms with E-state index in [2.05, 4.69) is 227 Å². The lowest BCUT2D eigenvalue weighted by molar-refractivity contribution is 0.785. The number of hydrogen-bond acceptors (Lipinski definition) is 4. The Labute approximate surface area is 386 Å². The fraction of sp³-hybridized carbons (Fsp3) is 0.0820. The lowest BCUT2D eigenvalue weighted by Gasteiger charge is -2.33. The predicted molar refractivity (Wildman–Crippen MR) is 280 cm³/mol. The first-order valence-corrected chi connectivity index (χ1v) is 22.5. The predicted octanol–water partition coefficient (Wildman–Crippen LogP) is 17.0. The average molecular weight is 845 g/mol. The van der Waals surface area contributed by atoms with Gasteiger partial charge in [-0.3, -0.25) is 0 Å². The molecule has 2 aliphatic rings.